The van der Waals surface area contributed by atoms with Gasteiger partial charge in [-0.25, -0.2) is 23.7 Å². The zero-order valence-corrected chi connectivity index (χ0v) is 21.9. The highest BCUT2D eigenvalue weighted by Gasteiger charge is 2.29. The van der Waals surface area contributed by atoms with Crippen LogP contribution < -0.4 is 4.90 Å². The van der Waals surface area contributed by atoms with Gasteiger partial charge in [-0.1, -0.05) is 0 Å². The van der Waals surface area contributed by atoms with E-state index in [1.165, 1.54) is 12.3 Å². The van der Waals surface area contributed by atoms with E-state index in [0.29, 0.717) is 40.6 Å². The Morgan fingerprint density at radius 3 is 2.34 bits per heavy atom. The molecular formula is C28H31F2N7O. The molecular weight excluding hydrogens is 488 g/mol. The Morgan fingerprint density at radius 1 is 0.947 bits per heavy atom. The van der Waals surface area contributed by atoms with Crippen LogP contribution in [0, 0.1) is 18.6 Å². The van der Waals surface area contributed by atoms with E-state index in [-0.39, 0.29) is 11.6 Å². The number of aryl methyl sites for hydroxylation is 1. The van der Waals surface area contributed by atoms with Gasteiger partial charge in [0.25, 0.3) is 0 Å². The minimum Gasteiger partial charge on any atom is -0.378 e. The molecule has 0 amide bonds. The topological polar surface area (TPSA) is 72.2 Å². The van der Waals surface area contributed by atoms with Crippen LogP contribution in [0.2, 0.25) is 0 Å². The van der Waals surface area contributed by atoms with Gasteiger partial charge in [0.05, 0.1) is 55.5 Å². The summed E-state index contributed by atoms with van der Waals surface area (Å²) in [5.74, 6) is 0.332. The van der Waals surface area contributed by atoms with Crippen molar-refractivity contribution in [3.05, 3.63) is 65.8 Å². The van der Waals surface area contributed by atoms with Gasteiger partial charge in [-0.2, -0.15) is 0 Å². The largest absolute Gasteiger partial charge is 0.378 e. The van der Waals surface area contributed by atoms with E-state index in [4.69, 9.17) is 4.74 Å². The van der Waals surface area contributed by atoms with Gasteiger partial charge in [-0.3, -0.25) is 9.88 Å². The molecule has 0 unspecified atom stereocenters. The summed E-state index contributed by atoms with van der Waals surface area (Å²) in [6, 6.07) is 5.44. The minimum atomic E-state index is -0.510. The molecule has 198 valence electrons. The zero-order valence-electron chi connectivity index (χ0n) is 21.9. The van der Waals surface area contributed by atoms with Crippen LogP contribution in [0.15, 0.2) is 36.8 Å². The molecule has 0 spiro atoms. The fourth-order valence-electron chi connectivity index (χ4n) is 5.42. The van der Waals surface area contributed by atoms with Gasteiger partial charge in [-0.05, 0) is 44.5 Å². The molecule has 0 N–H and O–H groups in total. The van der Waals surface area contributed by atoms with E-state index in [2.05, 4.69) is 29.7 Å². The summed E-state index contributed by atoms with van der Waals surface area (Å²) in [6.45, 7) is 11.4. The number of aromatic nitrogens is 5. The number of pyridine rings is 1. The van der Waals surface area contributed by atoms with Crippen molar-refractivity contribution in [1.29, 1.82) is 0 Å². The van der Waals surface area contributed by atoms with E-state index in [0.717, 1.165) is 50.9 Å². The molecule has 0 aliphatic carbocycles. The molecule has 3 aromatic heterocycles. The monoisotopic (exact) mass is 519 g/mol. The van der Waals surface area contributed by atoms with Gasteiger partial charge < -0.3 is 14.2 Å². The van der Waals surface area contributed by atoms with Crippen LogP contribution in [-0.2, 0) is 11.2 Å². The standard InChI is InChI=1S/C28H31F2N7O/c1-17(2)37-18(3)34-28-24(29)8-19(9-26(28)37)23-10-20(31-14-25(23)30)11-27-32-12-21(13-33-27)35-4-6-36(7-5-35)22-15-38-16-22/h8-10,12-14,17,22H,4-7,11,15-16H2,1-3H3. The molecule has 10 heteroatoms. The van der Waals surface area contributed by atoms with Crippen molar-refractivity contribution < 1.29 is 13.5 Å². The molecule has 5 heterocycles. The Labute approximate surface area is 220 Å². The number of nitrogens with zero attached hydrogens (tertiary/aromatic N) is 7. The normalized spacial score (nSPS) is 16.9. The second kappa shape index (κ2) is 9.99. The van der Waals surface area contributed by atoms with Crippen molar-refractivity contribution in [3.8, 4) is 11.1 Å². The third-order valence-corrected chi connectivity index (χ3v) is 7.51. The molecule has 4 aromatic rings. The zero-order chi connectivity index (χ0) is 26.4. The maximum absolute atomic E-state index is 15.0. The lowest BCUT2D eigenvalue weighted by Crippen LogP contribution is -2.56. The number of halogens is 2. The summed E-state index contributed by atoms with van der Waals surface area (Å²) < 4.78 is 37.2. The first-order valence-electron chi connectivity index (χ1n) is 13.1. The molecule has 0 bridgehead atoms. The second-order valence-electron chi connectivity index (χ2n) is 10.4. The number of rotatable bonds is 6. The van der Waals surface area contributed by atoms with Gasteiger partial charge in [0.15, 0.2) is 5.82 Å². The average molecular weight is 520 g/mol. The molecule has 0 saturated carbocycles. The summed E-state index contributed by atoms with van der Waals surface area (Å²) in [7, 11) is 0. The predicted octanol–water partition coefficient (Wildman–Crippen LogP) is 4.17. The summed E-state index contributed by atoms with van der Waals surface area (Å²) in [4.78, 5) is 22.5. The molecule has 0 radical (unpaired) electrons. The molecule has 6 rings (SSSR count). The molecule has 2 aliphatic rings. The minimum absolute atomic E-state index is 0.0915. The number of benzene rings is 1. The number of hydrogen-bond acceptors (Lipinski definition) is 7. The summed E-state index contributed by atoms with van der Waals surface area (Å²) in [6.07, 6.45) is 5.21. The lowest BCUT2D eigenvalue weighted by molar-refractivity contribution is -0.0660. The number of fused-ring (bicyclic) bond motifs is 1. The number of anilines is 1. The van der Waals surface area contributed by atoms with Gasteiger partial charge >= 0.3 is 0 Å². The van der Waals surface area contributed by atoms with E-state index in [9.17, 15) is 8.78 Å². The number of hydrogen-bond donors (Lipinski definition) is 0. The Kier molecular flexibility index (Phi) is 6.53. The Bertz CT molecular complexity index is 1460. The van der Waals surface area contributed by atoms with Crippen LogP contribution in [-0.4, -0.2) is 74.8 Å². The Hall–Kier alpha value is -3.50. The second-order valence-corrected chi connectivity index (χ2v) is 10.4. The molecule has 1 aromatic carbocycles. The fraction of sp³-hybridized carbons (Fsp3) is 0.429. The molecule has 0 atom stereocenters. The van der Waals surface area contributed by atoms with Crippen LogP contribution in [0.3, 0.4) is 0 Å². The Morgan fingerprint density at radius 2 is 1.68 bits per heavy atom. The van der Waals surface area contributed by atoms with Crippen LogP contribution >= 0.6 is 0 Å². The van der Waals surface area contributed by atoms with Crippen molar-refractivity contribution >= 4 is 16.7 Å². The van der Waals surface area contributed by atoms with Crippen molar-refractivity contribution in [1.82, 2.24) is 29.4 Å². The van der Waals surface area contributed by atoms with Gasteiger partial charge in [-0.15, -0.1) is 0 Å². The lowest BCUT2D eigenvalue weighted by Gasteiger charge is -2.43. The van der Waals surface area contributed by atoms with Crippen LogP contribution in [0.1, 0.15) is 37.2 Å². The molecule has 8 nitrogen and oxygen atoms in total. The molecule has 2 saturated heterocycles. The fourth-order valence-corrected chi connectivity index (χ4v) is 5.42. The van der Waals surface area contributed by atoms with E-state index >= 15 is 0 Å². The highest BCUT2D eigenvalue weighted by atomic mass is 19.1. The van der Waals surface area contributed by atoms with Crippen LogP contribution in [0.5, 0.6) is 0 Å². The predicted molar refractivity (Wildman–Crippen MR) is 141 cm³/mol. The third kappa shape index (κ3) is 4.63. The van der Waals surface area contributed by atoms with E-state index < -0.39 is 11.6 Å². The van der Waals surface area contributed by atoms with Crippen LogP contribution in [0.25, 0.3) is 22.2 Å². The molecule has 2 aliphatic heterocycles. The van der Waals surface area contributed by atoms with Gasteiger partial charge in [0, 0.05) is 43.5 Å². The third-order valence-electron chi connectivity index (χ3n) is 7.51. The van der Waals surface area contributed by atoms with E-state index in [1.807, 2.05) is 37.7 Å². The lowest BCUT2D eigenvalue weighted by atomic mass is 10.0. The van der Waals surface area contributed by atoms with Crippen molar-refractivity contribution in [3.63, 3.8) is 0 Å². The molecule has 2 fully saturated rings. The summed E-state index contributed by atoms with van der Waals surface area (Å²) in [5.41, 5.74) is 3.28. The summed E-state index contributed by atoms with van der Waals surface area (Å²) in [5, 5.41) is 0. The van der Waals surface area contributed by atoms with Crippen molar-refractivity contribution in [2.75, 3.05) is 44.3 Å². The van der Waals surface area contributed by atoms with Crippen molar-refractivity contribution in [2.45, 2.75) is 39.3 Å². The Balaban J connectivity index is 1.20. The number of ether oxygens (including phenoxy) is 1. The maximum atomic E-state index is 15.0. The van der Waals surface area contributed by atoms with Gasteiger partial charge in [0.2, 0.25) is 0 Å². The first kappa shape index (κ1) is 24.8. The molecule has 38 heavy (non-hydrogen) atoms. The highest BCUT2D eigenvalue weighted by molar-refractivity contribution is 5.83. The van der Waals surface area contributed by atoms with Crippen LogP contribution in [0.4, 0.5) is 14.5 Å². The summed E-state index contributed by atoms with van der Waals surface area (Å²) >= 11 is 0. The SMILES string of the molecule is Cc1nc2c(F)cc(-c3cc(Cc4ncc(N5CCN(C6COC6)CC5)cn4)ncc3F)cc2n1C(C)C. The smallest absolute Gasteiger partial charge is 0.151 e. The maximum Gasteiger partial charge on any atom is 0.151 e. The number of piperazine rings is 1. The highest BCUT2D eigenvalue weighted by Crippen LogP contribution is 2.31. The first-order valence-corrected chi connectivity index (χ1v) is 13.1. The van der Waals surface area contributed by atoms with E-state index in [1.54, 1.807) is 12.1 Å². The first-order chi connectivity index (χ1) is 18.4. The van der Waals surface area contributed by atoms with Gasteiger partial charge in [0.1, 0.15) is 23.0 Å². The average Bonchev–Trinajstić information content (AvgIpc) is 3.22. The number of imidazole rings is 1. The van der Waals surface area contributed by atoms with Crippen molar-refractivity contribution in [2.24, 2.45) is 0 Å². The quantitative estimate of drug-likeness (QED) is 0.379.